The predicted molar refractivity (Wildman–Crippen MR) is 159 cm³/mol. The molecular formula is C31H36F2N4O6S. The highest BCUT2D eigenvalue weighted by molar-refractivity contribution is 7.89. The smallest absolute Gasteiger partial charge is 0.410 e. The molecule has 1 aromatic heterocycles. The zero-order valence-corrected chi connectivity index (χ0v) is 25.6. The lowest BCUT2D eigenvalue weighted by atomic mass is 10.0. The third-order valence-electron chi connectivity index (χ3n) is 7.12. The molecule has 3 N–H and O–H groups in total. The molecule has 3 aromatic rings. The van der Waals surface area contributed by atoms with Crippen LogP contribution in [0.2, 0.25) is 0 Å². The summed E-state index contributed by atoms with van der Waals surface area (Å²) in [6.07, 6.45) is 2.10. The largest absolute Gasteiger partial charge is 0.444 e. The van der Waals surface area contributed by atoms with Crippen LogP contribution in [0.3, 0.4) is 0 Å². The van der Waals surface area contributed by atoms with Crippen molar-refractivity contribution in [3.05, 3.63) is 89.8 Å². The Morgan fingerprint density at radius 3 is 2.32 bits per heavy atom. The molecule has 1 aliphatic rings. The number of sulfonamides is 1. The quantitative estimate of drug-likeness (QED) is 0.311. The summed E-state index contributed by atoms with van der Waals surface area (Å²) in [5, 5.41) is 13.8. The average molecular weight is 631 g/mol. The molecule has 4 atom stereocenters. The van der Waals surface area contributed by atoms with Crippen LogP contribution in [-0.2, 0) is 26.0 Å². The SMILES string of the molecule is C[C@H](NS(=O)(=O)c1ccc(F)cc1)C(=O)Nc1ccc(C[C@@H]2CC[C@H]([C@H](O)c3cncc(F)c3)N2C(=O)OC(C)(C)C)cc1. The van der Waals surface area contributed by atoms with Crippen molar-refractivity contribution in [2.45, 2.75) is 81.7 Å². The Balaban J connectivity index is 1.43. The van der Waals surface area contributed by atoms with Gasteiger partial charge in [-0.3, -0.25) is 14.7 Å². The van der Waals surface area contributed by atoms with Crippen LogP contribution in [0, 0.1) is 11.6 Å². The van der Waals surface area contributed by atoms with Gasteiger partial charge in [-0.05, 0) is 95.0 Å². The highest BCUT2D eigenvalue weighted by atomic mass is 32.2. The molecule has 0 bridgehead atoms. The van der Waals surface area contributed by atoms with E-state index in [1.807, 2.05) is 0 Å². The van der Waals surface area contributed by atoms with Crippen molar-refractivity contribution in [3.8, 4) is 0 Å². The molecular weight excluding hydrogens is 594 g/mol. The summed E-state index contributed by atoms with van der Waals surface area (Å²) in [4.78, 5) is 31.2. The molecule has 44 heavy (non-hydrogen) atoms. The van der Waals surface area contributed by atoms with Crippen LogP contribution in [0.4, 0.5) is 19.3 Å². The minimum atomic E-state index is -4.05. The Morgan fingerprint density at radius 2 is 1.70 bits per heavy atom. The fraction of sp³-hybridized carbons (Fsp3) is 0.387. The van der Waals surface area contributed by atoms with Gasteiger partial charge in [0.1, 0.15) is 23.3 Å². The zero-order chi connectivity index (χ0) is 32.2. The fourth-order valence-corrected chi connectivity index (χ4v) is 6.25. The van der Waals surface area contributed by atoms with E-state index < -0.39 is 57.4 Å². The molecule has 0 saturated carbocycles. The Labute approximate surface area is 255 Å². The molecule has 0 radical (unpaired) electrons. The van der Waals surface area contributed by atoms with Gasteiger partial charge >= 0.3 is 6.09 Å². The van der Waals surface area contributed by atoms with Gasteiger partial charge in [-0.2, -0.15) is 4.72 Å². The number of anilines is 1. The topological polar surface area (TPSA) is 138 Å². The lowest BCUT2D eigenvalue weighted by Gasteiger charge is -2.34. The van der Waals surface area contributed by atoms with Crippen LogP contribution >= 0.6 is 0 Å². The van der Waals surface area contributed by atoms with Crippen molar-refractivity contribution in [3.63, 3.8) is 0 Å². The van der Waals surface area contributed by atoms with Crippen LogP contribution in [0.25, 0.3) is 0 Å². The first-order chi connectivity index (χ1) is 20.6. The molecule has 0 unspecified atom stereocenters. The van der Waals surface area contributed by atoms with Gasteiger partial charge in [0.2, 0.25) is 15.9 Å². The Kier molecular flexibility index (Phi) is 10.0. The van der Waals surface area contributed by atoms with Crippen molar-refractivity contribution < 1.29 is 36.6 Å². The predicted octanol–water partition coefficient (Wildman–Crippen LogP) is 4.71. The molecule has 13 heteroatoms. The summed E-state index contributed by atoms with van der Waals surface area (Å²) >= 11 is 0. The van der Waals surface area contributed by atoms with Gasteiger partial charge in [-0.15, -0.1) is 0 Å². The molecule has 1 aliphatic heterocycles. The summed E-state index contributed by atoms with van der Waals surface area (Å²) in [6, 6.07) is 10.2. The summed E-state index contributed by atoms with van der Waals surface area (Å²) in [5.74, 6) is -1.77. The van der Waals surface area contributed by atoms with Gasteiger partial charge in [0.15, 0.2) is 0 Å². The van der Waals surface area contributed by atoms with Crippen molar-refractivity contribution in [1.82, 2.24) is 14.6 Å². The molecule has 0 aliphatic carbocycles. The number of benzene rings is 2. The average Bonchev–Trinajstić information content (AvgIpc) is 3.36. The van der Waals surface area contributed by atoms with E-state index in [0.29, 0.717) is 24.9 Å². The Hall–Kier alpha value is -3.94. The number of amides is 2. The number of hydrogen-bond acceptors (Lipinski definition) is 7. The number of halogens is 2. The molecule has 1 saturated heterocycles. The number of aliphatic hydroxyl groups is 1. The molecule has 2 heterocycles. The van der Waals surface area contributed by atoms with E-state index in [4.69, 9.17) is 4.74 Å². The second-order valence-electron chi connectivity index (χ2n) is 11.8. The van der Waals surface area contributed by atoms with Crippen molar-refractivity contribution in [2.24, 2.45) is 0 Å². The molecule has 0 spiro atoms. The van der Waals surface area contributed by atoms with Gasteiger partial charge in [0, 0.05) is 23.5 Å². The maximum Gasteiger partial charge on any atom is 0.410 e. The first-order valence-electron chi connectivity index (χ1n) is 14.1. The monoisotopic (exact) mass is 630 g/mol. The Morgan fingerprint density at radius 1 is 1.05 bits per heavy atom. The second-order valence-corrected chi connectivity index (χ2v) is 13.5. The van der Waals surface area contributed by atoms with Crippen molar-refractivity contribution >= 4 is 27.7 Å². The van der Waals surface area contributed by atoms with Crippen LogP contribution in [0.5, 0.6) is 0 Å². The minimum Gasteiger partial charge on any atom is -0.444 e. The number of nitrogens with one attached hydrogen (secondary N) is 2. The van der Waals surface area contributed by atoms with Crippen LogP contribution in [0.1, 0.15) is 57.8 Å². The van der Waals surface area contributed by atoms with Gasteiger partial charge in [0.05, 0.1) is 23.2 Å². The first-order valence-corrected chi connectivity index (χ1v) is 15.6. The Bertz CT molecular complexity index is 1580. The molecule has 4 rings (SSSR count). The van der Waals surface area contributed by atoms with Crippen LogP contribution in [0.15, 0.2) is 71.9 Å². The maximum atomic E-state index is 13.8. The number of ether oxygens (including phenoxy) is 1. The summed E-state index contributed by atoms with van der Waals surface area (Å²) in [5.41, 5.74) is 0.756. The number of aliphatic hydroxyl groups excluding tert-OH is 1. The number of aromatic nitrogens is 1. The van der Waals surface area contributed by atoms with Gasteiger partial charge in [-0.25, -0.2) is 22.0 Å². The normalized spacial score (nSPS) is 18.5. The summed E-state index contributed by atoms with van der Waals surface area (Å²) in [7, 11) is -4.05. The summed E-state index contributed by atoms with van der Waals surface area (Å²) in [6.45, 7) is 6.64. The van der Waals surface area contributed by atoms with Crippen LogP contribution in [-0.4, -0.2) is 59.1 Å². The van der Waals surface area contributed by atoms with E-state index in [9.17, 15) is 31.9 Å². The number of nitrogens with zero attached hydrogens (tertiary/aromatic N) is 2. The number of hydrogen-bond donors (Lipinski definition) is 3. The fourth-order valence-electron chi connectivity index (χ4n) is 5.05. The van der Waals surface area contributed by atoms with Crippen molar-refractivity contribution in [2.75, 3.05) is 5.32 Å². The maximum absolute atomic E-state index is 13.8. The summed E-state index contributed by atoms with van der Waals surface area (Å²) < 4.78 is 60.0. The van der Waals surface area contributed by atoms with E-state index in [0.717, 1.165) is 36.0 Å². The van der Waals surface area contributed by atoms with Gasteiger partial charge < -0.3 is 15.2 Å². The number of rotatable bonds is 9. The molecule has 10 nitrogen and oxygen atoms in total. The third kappa shape index (κ3) is 8.36. The van der Waals surface area contributed by atoms with Crippen LogP contribution < -0.4 is 10.0 Å². The number of carbonyl (C=O) groups excluding carboxylic acids is 2. The molecule has 2 amide bonds. The highest BCUT2D eigenvalue weighted by Gasteiger charge is 2.43. The van der Waals surface area contributed by atoms with Gasteiger partial charge in [0.25, 0.3) is 0 Å². The lowest BCUT2D eigenvalue weighted by molar-refractivity contribution is -0.117. The van der Waals surface area contributed by atoms with E-state index in [2.05, 4.69) is 15.0 Å². The first kappa shape index (κ1) is 33.0. The highest BCUT2D eigenvalue weighted by Crippen LogP contribution is 2.36. The zero-order valence-electron chi connectivity index (χ0n) is 24.8. The third-order valence-corrected chi connectivity index (χ3v) is 8.68. The number of carbonyl (C=O) groups is 2. The van der Waals surface area contributed by atoms with Gasteiger partial charge in [-0.1, -0.05) is 12.1 Å². The lowest BCUT2D eigenvalue weighted by Crippen LogP contribution is -2.47. The molecule has 2 aromatic carbocycles. The molecule has 236 valence electrons. The van der Waals surface area contributed by atoms with E-state index in [1.54, 1.807) is 45.0 Å². The number of likely N-dealkylation sites (tertiary alicyclic amines) is 1. The van der Waals surface area contributed by atoms with Crippen molar-refractivity contribution in [1.29, 1.82) is 0 Å². The molecule has 1 fully saturated rings. The number of pyridine rings is 1. The minimum absolute atomic E-state index is 0.169. The standard InChI is InChI=1S/C31H36F2N4O6S/c1-19(36-44(41,42)26-12-7-22(32)8-13-26)29(39)35-24-9-5-20(6-10-24)15-25-11-14-27(37(25)30(40)43-31(2,3)4)28(38)21-16-23(33)18-34-17-21/h5-10,12-13,16-19,25,27-28,36,38H,11,14-15H2,1-4H3,(H,35,39)/t19-,25-,27+,28+/m0/s1. The van der Waals surface area contributed by atoms with E-state index >= 15 is 0 Å². The van der Waals surface area contributed by atoms with E-state index in [1.165, 1.54) is 24.1 Å². The van der Waals surface area contributed by atoms with E-state index in [-0.39, 0.29) is 16.5 Å². The second kappa shape index (κ2) is 13.4.